The molecule has 1 unspecified atom stereocenters. The molecule has 0 aromatic carbocycles. The van der Waals surface area contributed by atoms with Gasteiger partial charge >= 0.3 is 0 Å². The van der Waals surface area contributed by atoms with Gasteiger partial charge in [0.25, 0.3) is 0 Å². The molecule has 0 aliphatic heterocycles. The lowest BCUT2D eigenvalue weighted by Crippen LogP contribution is -2.42. The number of hydrogen-bond acceptors (Lipinski definition) is 2. The van der Waals surface area contributed by atoms with Crippen LogP contribution in [0.1, 0.15) is 65.7 Å². The molecule has 2 nitrogen and oxygen atoms in total. The van der Waals surface area contributed by atoms with Gasteiger partial charge in [-0.1, -0.05) is 33.6 Å². The van der Waals surface area contributed by atoms with Crippen molar-refractivity contribution in [3.8, 4) is 0 Å². The summed E-state index contributed by atoms with van der Waals surface area (Å²) < 4.78 is 0. The minimum absolute atomic E-state index is 0.563. The van der Waals surface area contributed by atoms with Crippen LogP contribution in [0, 0.1) is 17.8 Å². The van der Waals surface area contributed by atoms with Gasteiger partial charge in [-0.2, -0.15) is 0 Å². The van der Waals surface area contributed by atoms with Crippen LogP contribution in [0.2, 0.25) is 0 Å². The Morgan fingerprint density at radius 2 is 1.69 bits per heavy atom. The molecule has 1 rings (SSSR count). The average molecular weight is 226 g/mol. The van der Waals surface area contributed by atoms with Crippen LogP contribution in [0.15, 0.2) is 0 Å². The van der Waals surface area contributed by atoms with Gasteiger partial charge in [-0.3, -0.25) is 11.3 Å². The third-order valence-electron chi connectivity index (χ3n) is 4.41. The first-order valence-electron chi connectivity index (χ1n) is 7.15. The van der Waals surface area contributed by atoms with E-state index in [1.807, 2.05) is 0 Å². The lowest BCUT2D eigenvalue weighted by atomic mass is 9.74. The number of rotatable bonds is 6. The molecular formula is C14H30N2. The molecule has 0 spiro atoms. The normalized spacial score (nSPS) is 28.3. The zero-order valence-corrected chi connectivity index (χ0v) is 11.3. The summed E-state index contributed by atoms with van der Waals surface area (Å²) in [4.78, 5) is 0. The van der Waals surface area contributed by atoms with Gasteiger partial charge in [0.15, 0.2) is 0 Å². The van der Waals surface area contributed by atoms with Gasteiger partial charge in [-0.05, 0) is 49.9 Å². The van der Waals surface area contributed by atoms with Crippen LogP contribution < -0.4 is 11.3 Å². The van der Waals surface area contributed by atoms with E-state index < -0.39 is 0 Å². The molecule has 1 atom stereocenters. The monoisotopic (exact) mass is 226 g/mol. The van der Waals surface area contributed by atoms with E-state index in [0.717, 1.165) is 17.8 Å². The largest absolute Gasteiger partial charge is 0.271 e. The zero-order valence-electron chi connectivity index (χ0n) is 11.3. The van der Waals surface area contributed by atoms with Gasteiger partial charge in [0.2, 0.25) is 0 Å². The molecule has 0 radical (unpaired) electrons. The Balaban J connectivity index is 2.32. The topological polar surface area (TPSA) is 38.0 Å². The molecule has 3 N–H and O–H groups in total. The second-order valence-electron chi connectivity index (χ2n) is 5.83. The van der Waals surface area contributed by atoms with Crippen molar-refractivity contribution in [3.63, 3.8) is 0 Å². The van der Waals surface area contributed by atoms with Crippen molar-refractivity contribution in [1.29, 1.82) is 0 Å². The molecule has 0 bridgehead atoms. The maximum Gasteiger partial charge on any atom is 0.0238 e. The molecular weight excluding hydrogens is 196 g/mol. The van der Waals surface area contributed by atoms with E-state index in [2.05, 4.69) is 26.2 Å². The molecule has 1 saturated carbocycles. The molecule has 96 valence electrons. The van der Waals surface area contributed by atoms with E-state index in [1.165, 1.54) is 44.9 Å². The van der Waals surface area contributed by atoms with Crippen molar-refractivity contribution in [2.24, 2.45) is 23.6 Å². The summed E-state index contributed by atoms with van der Waals surface area (Å²) in [6.07, 6.45) is 9.41. The van der Waals surface area contributed by atoms with Crippen LogP contribution in [0.25, 0.3) is 0 Å². The highest BCUT2D eigenvalue weighted by Gasteiger charge is 2.27. The molecule has 0 amide bonds. The lowest BCUT2D eigenvalue weighted by molar-refractivity contribution is 0.183. The Kier molecular flexibility index (Phi) is 6.37. The number of nitrogens with two attached hydrogens (primary N) is 1. The maximum absolute atomic E-state index is 5.69. The highest BCUT2D eigenvalue weighted by molar-refractivity contribution is 4.81. The van der Waals surface area contributed by atoms with Crippen LogP contribution in [-0.4, -0.2) is 6.04 Å². The summed E-state index contributed by atoms with van der Waals surface area (Å²) in [5.74, 6) is 8.34. The van der Waals surface area contributed by atoms with E-state index in [1.54, 1.807) is 0 Å². The second-order valence-corrected chi connectivity index (χ2v) is 5.83. The first-order chi connectivity index (χ1) is 7.69. The Morgan fingerprint density at radius 1 is 1.12 bits per heavy atom. The Morgan fingerprint density at radius 3 is 2.12 bits per heavy atom. The van der Waals surface area contributed by atoms with Crippen molar-refractivity contribution in [1.82, 2.24) is 5.43 Å². The minimum Gasteiger partial charge on any atom is -0.271 e. The summed E-state index contributed by atoms with van der Waals surface area (Å²) in [6.45, 7) is 6.98. The number of unbranched alkanes of at least 4 members (excludes halogenated alkanes) is 1. The van der Waals surface area contributed by atoms with Gasteiger partial charge in [-0.15, -0.1) is 0 Å². The Labute approximate surface area is 101 Å². The lowest BCUT2D eigenvalue weighted by Gasteiger charge is -2.35. The highest BCUT2D eigenvalue weighted by Crippen LogP contribution is 2.35. The quantitative estimate of drug-likeness (QED) is 0.537. The van der Waals surface area contributed by atoms with Crippen LogP contribution in [-0.2, 0) is 0 Å². The van der Waals surface area contributed by atoms with Crippen molar-refractivity contribution in [3.05, 3.63) is 0 Å². The summed E-state index contributed by atoms with van der Waals surface area (Å²) in [5.41, 5.74) is 3.05. The van der Waals surface area contributed by atoms with E-state index in [9.17, 15) is 0 Å². The maximum atomic E-state index is 5.69. The molecule has 16 heavy (non-hydrogen) atoms. The number of hydrogen-bond donors (Lipinski definition) is 2. The summed E-state index contributed by atoms with van der Waals surface area (Å²) in [7, 11) is 0. The summed E-state index contributed by atoms with van der Waals surface area (Å²) >= 11 is 0. The van der Waals surface area contributed by atoms with Crippen LogP contribution >= 0.6 is 0 Å². The third kappa shape index (κ3) is 4.06. The second kappa shape index (κ2) is 7.29. The van der Waals surface area contributed by atoms with Gasteiger partial charge in [0, 0.05) is 6.04 Å². The fraction of sp³-hybridized carbons (Fsp3) is 1.00. The third-order valence-corrected chi connectivity index (χ3v) is 4.41. The van der Waals surface area contributed by atoms with Crippen molar-refractivity contribution >= 4 is 0 Å². The average Bonchev–Trinajstić information content (AvgIpc) is 2.30. The van der Waals surface area contributed by atoms with Crippen LogP contribution in [0.3, 0.4) is 0 Å². The fourth-order valence-corrected chi connectivity index (χ4v) is 3.09. The van der Waals surface area contributed by atoms with Gasteiger partial charge in [-0.25, -0.2) is 0 Å². The predicted octanol–water partition coefficient (Wildman–Crippen LogP) is 3.47. The first kappa shape index (κ1) is 14.0. The molecule has 2 heteroatoms. The highest BCUT2D eigenvalue weighted by atomic mass is 15.2. The molecule has 0 saturated heterocycles. The number of nitrogens with one attached hydrogen (secondary N) is 1. The van der Waals surface area contributed by atoms with Gasteiger partial charge in [0.05, 0.1) is 0 Å². The van der Waals surface area contributed by atoms with Crippen LogP contribution in [0.5, 0.6) is 0 Å². The summed E-state index contributed by atoms with van der Waals surface area (Å²) in [6, 6.07) is 0.563. The van der Waals surface area contributed by atoms with Gasteiger partial charge in [0.1, 0.15) is 0 Å². The fourth-order valence-electron chi connectivity index (χ4n) is 3.09. The Hall–Kier alpha value is -0.0800. The molecule has 0 heterocycles. The molecule has 1 fully saturated rings. The molecule has 0 aromatic rings. The van der Waals surface area contributed by atoms with Crippen molar-refractivity contribution < 1.29 is 0 Å². The molecule has 1 aliphatic carbocycles. The van der Waals surface area contributed by atoms with E-state index in [-0.39, 0.29) is 0 Å². The van der Waals surface area contributed by atoms with E-state index >= 15 is 0 Å². The van der Waals surface area contributed by atoms with Crippen LogP contribution in [0.4, 0.5) is 0 Å². The van der Waals surface area contributed by atoms with E-state index in [0.29, 0.717) is 6.04 Å². The summed E-state index contributed by atoms with van der Waals surface area (Å²) in [5, 5.41) is 0. The molecule has 0 aromatic heterocycles. The predicted molar refractivity (Wildman–Crippen MR) is 70.9 cm³/mol. The van der Waals surface area contributed by atoms with E-state index in [4.69, 9.17) is 5.84 Å². The van der Waals surface area contributed by atoms with Crippen molar-refractivity contribution in [2.75, 3.05) is 0 Å². The van der Waals surface area contributed by atoms with Crippen molar-refractivity contribution in [2.45, 2.75) is 71.8 Å². The standard InChI is InChI=1S/C14H30N2/c1-4-5-6-14(16-15)13-9-7-12(8-10-13)11(2)3/h11-14,16H,4-10,15H2,1-3H3. The SMILES string of the molecule is CCCCC(NN)C1CCC(C(C)C)CC1. The Bertz CT molecular complexity index is 172. The smallest absolute Gasteiger partial charge is 0.0238 e. The molecule has 1 aliphatic rings. The number of hydrazine groups is 1. The van der Waals surface area contributed by atoms with Gasteiger partial charge < -0.3 is 0 Å². The zero-order chi connectivity index (χ0) is 12.0. The first-order valence-corrected chi connectivity index (χ1v) is 7.15. The minimum atomic E-state index is 0.563.